The number of ether oxygens (including phenoxy) is 1. The molecule has 0 aromatic carbocycles. The number of pyridine rings is 1. The Morgan fingerprint density at radius 1 is 1.38 bits per heavy atom. The fourth-order valence-corrected chi connectivity index (χ4v) is 3.99. The third-order valence-electron chi connectivity index (χ3n) is 5.40. The highest BCUT2D eigenvalue weighted by Gasteiger charge is 2.33. The summed E-state index contributed by atoms with van der Waals surface area (Å²) in [7, 11) is 4.12. The number of rotatable bonds is 4. The van der Waals surface area contributed by atoms with E-state index in [4.69, 9.17) is 9.72 Å². The minimum Gasteiger partial charge on any atom is -0.373 e. The Balaban J connectivity index is 1.55. The van der Waals surface area contributed by atoms with Crippen LogP contribution in [0.2, 0.25) is 0 Å². The van der Waals surface area contributed by atoms with Crippen LogP contribution in [0.5, 0.6) is 0 Å². The molecule has 1 fully saturated rings. The maximum absolute atomic E-state index is 9.49. The van der Waals surface area contributed by atoms with Crippen LogP contribution in [0.4, 0.5) is 5.82 Å². The van der Waals surface area contributed by atoms with Crippen molar-refractivity contribution in [2.24, 2.45) is 7.05 Å². The molecule has 1 N–H and O–H groups in total. The monoisotopic (exact) mass is 352 g/mol. The number of fused-ring (bicyclic) bond motifs is 1. The van der Waals surface area contributed by atoms with Crippen LogP contribution < -0.4 is 5.32 Å². The van der Waals surface area contributed by atoms with E-state index >= 15 is 0 Å². The summed E-state index contributed by atoms with van der Waals surface area (Å²) >= 11 is 0. The van der Waals surface area contributed by atoms with E-state index in [0.717, 1.165) is 37.2 Å². The number of anilines is 1. The summed E-state index contributed by atoms with van der Waals surface area (Å²) < 4.78 is 8.11. The van der Waals surface area contributed by atoms with Crippen molar-refractivity contribution in [2.75, 3.05) is 32.1 Å². The Morgan fingerprint density at radius 2 is 2.27 bits per heavy atom. The van der Waals surface area contributed by atoms with Crippen molar-refractivity contribution in [3.05, 3.63) is 41.1 Å². The zero-order valence-corrected chi connectivity index (χ0v) is 15.3. The fraction of sp³-hybridized carbons (Fsp3) is 0.526. The van der Waals surface area contributed by atoms with Crippen molar-refractivity contribution in [3.8, 4) is 6.07 Å². The van der Waals surface area contributed by atoms with Gasteiger partial charge in [-0.15, -0.1) is 0 Å². The molecule has 2 aromatic heterocycles. The van der Waals surface area contributed by atoms with Gasteiger partial charge in [-0.05, 0) is 37.9 Å². The first-order valence-corrected chi connectivity index (χ1v) is 9.12. The van der Waals surface area contributed by atoms with Crippen LogP contribution in [0.1, 0.15) is 35.0 Å². The largest absolute Gasteiger partial charge is 0.373 e. The lowest BCUT2D eigenvalue weighted by atomic mass is 10.0. The molecule has 3 heterocycles. The molecule has 2 aromatic rings. The van der Waals surface area contributed by atoms with Gasteiger partial charge in [0, 0.05) is 32.0 Å². The first-order valence-electron chi connectivity index (χ1n) is 9.12. The molecule has 1 aliphatic heterocycles. The third kappa shape index (κ3) is 3.06. The van der Waals surface area contributed by atoms with Gasteiger partial charge in [-0.25, -0.2) is 9.97 Å². The first kappa shape index (κ1) is 17.0. The van der Waals surface area contributed by atoms with Crippen molar-refractivity contribution < 1.29 is 4.74 Å². The molecular formula is C19H24N6O. The molecule has 2 atom stereocenters. The summed E-state index contributed by atoms with van der Waals surface area (Å²) in [6.45, 7) is 2.17. The van der Waals surface area contributed by atoms with E-state index in [9.17, 15) is 5.26 Å². The molecule has 136 valence electrons. The molecule has 7 nitrogen and oxygen atoms in total. The van der Waals surface area contributed by atoms with Crippen molar-refractivity contribution >= 4 is 5.82 Å². The predicted molar refractivity (Wildman–Crippen MR) is 97.8 cm³/mol. The lowest BCUT2D eigenvalue weighted by molar-refractivity contribution is -0.0578. The number of nitrogens with zero attached hydrogens (tertiary/aromatic N) is 5. The molecule has 2 aliphatic rings. The lowest BCUT2D eigenvalue weighted by Gasteiger charge is -2.39. The Morgan fingerprint density at radius 3 is 3.04 bits per heavy atom. The number of morpholine rings is 1. The minimum absolute atomic E-state index is 0.0363. The maximum atomic E-state index is 9.49. The highest BCUT2D eigenvalue weighted by molar-refractivity contribution is 5.55. The van der Waals surface area contributed by atoms with E-state index in [1.807, 2.05) is 30.2 Å². The van der Waals surface area contributed by atoms with Crippen LogP contribution in [0, 0.1) is 11.3 Å². The molecule has 0 radical (unpaired) electrons. The summed E-state index contributed by atoms with van der Waals surface area (Å²) in [5, 5.41) is 12.9. The van der Waals surface area contributed by atoms with Gasteiger partial charge < -0.3 is 14.6 Å². The minimum atomic E-state index is -0.0363. The summed E-state index contributed by atoms with van der Waals surface area (Å²) in [6.07, 6.45) is 6.82. The molecule has 0 bridgehead atoms. The zero-order valence-electron chi connectivity index (χ0n) is 15.3. The topological polar surface area (TPSA) is 79.0 Å². The Hall–Kier alpha value is -2.43. The van der Waals surface area contributed by atoms with Crippen LogP contribution >= 0.6 is 0 Å². The summed E-state index contributed by atoms with van der Waals surface area (Å²) in [5.74, 6) is 0.675. The molecule has 7 heteroatoms. The van der Waals surface area contributed by atoms with Crippen LogP contribution in [-0.2, 0) is 24.6 Å². The molecular weight excluding hydrogens is 328 g/mol. The number of imidazole rings is 1. The lowest BCUT2D eigenvalue weighted by Crippen LogP contribution is -2.46. The number of nitrogens with one attached hydrogen (secondary N) is 1. The molecule has 0 spiro atoms. The van der Waals surface area contributed by atoms with Gasteiger partial charge in [-0.2, -0.15) is 5.26 Å². The zero-order chi connectivity index (χ0) is 18.1. The first-order chi connectivity index (χ1) is 12.7. The second-order valence-electron chi connectivity index (χ2n) is 7.10. The molecule has 1 saturated heterocycles. The molecule has 4 rings (SSSR count). The number of hydrogen-bond donors (Lipinski definition) is 1. The van der Waals surface area contributed by atoms with Gasteiger partial charge in [0.1, 0.15) is 11.9 Å². The van der Waals surface area contributed by atoms with Gasteiger partial charge in [-0.3, -0.25) is 4.90 Å². The van der Waals surface area contributed by atoms with Gasteiger partial charge in [0.05, 0.1) is 36.3 Å². The second kappa shape index (κ2) is 7.06. The molecule has 0 amide bonds. The van der Waals surface area contributed by atoms with Gasteiger partial charge in [0.2, 0.25) is 0 Å². The van der Waals surface area contributed by atoms with Crippen molar-refractivity contribution in [1.82, 2.24) is 19.4 Å². The van der Waals surface area contributed by atoms with Crippen LogP contribution in [0.3, 0.4) is 0 Å². The quantitative estimate of drug-likeness (QED) is 0.902. The summed E-state index contributed by atoms with van der Waals surface area (Å²) in [6, 6.07) is 4.38. The smallest absolute Gasteiger partial charge is 0.144 e. The molecule has 0 saturated carbocycles. The molecule has 26 heavy (non-hydrogen) atoms. The fourth-order valence-electron chi connectivity index (χ4n) is 3.99. The van der Waals surface area contributed by atoms with Gasteiger partial charge in [0.25, 0.3) is 0 Å². The summed E-state index contributed by atoms with van der Waals surface area (Å²) in [5.41, 5.74) is 4.08. The average Bonchev–Trinajstić information content (AvgIpc) is 3.27. The number of hydrogen-bond acceptors (Lipinski definition) is 6. The van der Waals surface area contributed by atoms with Crippen molar-refractivity contribution in [2.45, 2.75) is 31.4 Å². The van der Waals surface area contributed by atoms with E-state index < -0.39 is 0 Å². The van der Waals surface area contributed by atoms with Crippen LogP contribution in [0.15, 0.2) is 18.6 Å². The molecule has 1 aliphatic carbocycles. The highest BCUT2D eigenvalue weighted by atomic mass is 16.5. The Kier molecular flexibility index (Phi) is 4.62. The highest BCUT2D eigenvalue weighted by Crippen LogP contribution is 2.29. The standard InChI is InChI=1S/C19H24N6O/c1-24-6-7-26-17(18(24)16-10-21-12-25(16)2)11-22-19-14(9-20)8-13-4-3-5-15(13)23-19/h8,10,12,17-18H,3-7,11H2,1-2H3,(H,22,23)/t17-,18-/m0/s1. The predicted octanol–water partition coefficient (Wildman–Crippen LogP) is 1.66. The normalized spacial score (nSPS) is 22.8. The SMILES string of the molecule is CN1CCO[C@@H](CNc2nc3c(cc2C#N)CCC3)[C@@H]1c1cncn1C. The van der Waals surface area contributed by atoms with E-state index in [2.05, 4.69) is 28.3 Å². The second-order valence-corrected chi connectivity index (χ2v) is 7.10. The van der Waals surface area contributed by atoms with Crippen LogP contribution in [-0.4, -0.2) is 52.3 Å². The van der Waals surface area contributed by atoms with Crippen molar-refractivity contribution in [1.29, 1.82) is 5.26 Å². The van der Waals surface area contributed by atoms with Gasteiger partial charge in [0.15, 0.2) is 0 Å². The van der Waals surface area contributed by atoms with Crippen LogP contribution in [0.25, 0.3) is 0 Å². The number of aryl methyl sites for hydroxylation is 3. The number of aromatic nitrogens is 3. The van der Waals surface area contributed by atoms with Gasteiger partial charge >= 0.3 is 0 Å². The Bertz CT molecular complexity index is 839. The third-order valence-corrected chi connectivity index (χ3v) is 5.40. The van der Waals surface area contributed by atoms with E-state index in [0.29, 0.717) is 24.5 Å². The number of nitriles is 1. The Labute approximate surface area is 153 Å². The van der Waals surface area contributed by atoms with E-state index in [1.165, 1.54) is 5.56 Å². The average molecular weight is 352 g/mol. The van der Waals surface area contributed by atoms with Crippen molar-refractivity contribution in [3.63, 3.8) is 0 Å². The van der Waals surface area contributed by atoms with E-state index in [-0.39, 0.29) is 12.1 Å². The molecule has 0 unspecified atom stereocenters. The summed E-state index contributed by atoms with van der Waals surface area (Å²) in [4.78, 5) is 11.3. The number of likely N-dealkylation sites (N-methyl/N-ethyl adjacent to an activating group) is 1. The van der Waals surface area contributed by atoms with E-state index in [1.54, 1.807) is 0 Å². The van der Waals surface area contributed by atoms with Gasteiger partial charge in [-0.1, -0.05) is 0 Å². The maximum Gasteiger partial charge on any atom is 0.144 e.